The predicted octanol–water partition coefficient (Wildman–Crippen LogP) is 2.44. The normalized spacial score (nSPS) is 10.6. The molecule has 1 N–H and O–H groups in total. The molecule has 3 nitrogen and oxygen atoms in total. The van der Waals surface area contributed by atoms with E-state index < -0.39 is 0 Å². The van der Waals surface area contributed by atoms with Crippen molar-refractivity contribution in [2.75, 3.05) is 0 Å². The number of nitrogens with zero attached hydrogens (tertiary/aromatic N) is 2. The summed E-state index contributed by atoms with van der Waals surface area (Å²) in [5.74, 6) is 0. The van der Waals surface area contributed by atoms with E-state index in [9.17, 15) is 5.11 Å². The van der Waals surface area contributed by atoms with E-state index in [-0.39, 0.29) is 6.61 Å². The summed E-state index contributed by atoms with van der Waals surface area (Å²) in [6.07, 6.45) is 3.73. The molecule has 0 saturated carbocycles. The lowest BCUT2D eigenvalue weighted by Crippen LogP contribution is -2.00. The van der Waals surface area contributed by atoms with Gasteiger partial charge in [-0.1, -0.05) is 22.0 Å². The van der Waals surface area contributed by atoms with Crippen LogP contribution in [0.2, 0.25) is 0 Å². The third-order valence-corrected chi connectivity index (χ3v) is 2.67. The van der Waals surface area contributed by atoms with Gasteiger partial charge in [-0.05, 0) is 24.6 Å². The van der Waals surface area contributed by atoms with E-state index in [2.05, 4.69) is 21.0 Å². The SMILES string of the molecule is Cc1cnn(-c2cc(Br)ccc2CO)c1. The summed E-state index contributed by atoms with van der Waals surface area (Å²) in [5, 5.41) is 13.4. The average Bonchev–Trinajstić information content (AvgIpc) is 2.65. The molecular formula is C11H11BrN2O. The second-order valence-corrected chi connectivity index (χ2v) is 4.31. The fourth-order valence-corrected chi connectivity index (χ4v) is 1.78. The van der Waals surface area contributed by atoms with Crippen LogP contribution < -0.4 is 0 Å². The summed E-state index contributed by atoms with van der Waals surface area (Å²) in [4.78, 5) is 0. The van der Waals surface area contributed by atoms with Crippen molar-refractivity contribution < 1.29 is 5.11 Å². The Morgan fingerprint density at radius 2 is 2.27 bits per heavy atom. The van der Waals surface area contributed by atoms with Gasteiger partial charge in [-0.2, -0.15) is 5.10 Å². The number of hydrogen-bond donors (Lipinski definition) is 1. The zero-order chi connectivity index (χ0) is 10.8. The smallest absolute Gasteiger partial charge is 0.0712 e. The van der Waals surface area contributed by atoms with Crippen molar-refractivity contribution >= 4 is 15.9 Å². The first kappa shape index (κ1) is 10.4. The molecule has 0 fully saturated rings. The lowest BCUT2D eigenvalue weighted by atomic mass is 10.2. The quantitative estimate of drug-likeness (QED) is 0.907. The Hall–Kier alpha value is -1.13. The van der Waals surface area contributed by atoms with E-state index in [1.54, 1.807) is 10.9 Å². The van der Waals surface area contributed by atoms with Crippen molar-refractivity contribution in [3.05, 3.63) is 46.2 Å². The highest BCUT2D eigenvalue weighted by atomic mass is 79.9. The van der Waals surface area contributed by atoms with Crippen molar-refractivity contribution in [3.63, 3.8) is 0 Å². The molecule has 0 atom stereocenters. The van der Waals surface area contributed by atoms with Crippen LogP contribution >= 0.6 is 15.9 Å². The Labute approximate surface area is 96.5 Å². The molecule has 0 bridgehead atoms. The van der Waals surface area contributed by atoms with E-state index in [1.165, 1.54) is 0 Å². The average molecular weight is 267 g/mol. The first-order valence-corrected chi connectivity index (χ1v) is 5.41. The number of hydrogen-bond acceptors (Lipinski definition) is 2. The molecular weight excluding hydrogens is 256 g/mol. The molecule has 2 aromatic rings. The fourth-order valence-electron chi connectivity index (χ4n) is 1.43. The predicted molar refractivity (Wildman–Crippen MR) is 61.9 cm³/mol. The Balaban J connectivity index is 2.55. The monoisotopic (exact) mass is 266 g/mol. The van der Waals surface area contributed by atoms with Gasteiger partial charge in [0.05, 0.1) is 18.5 Å². The van der Waals surface area contributed by atoms with E-state index in [0.29, 0.717) is 0 Å². The molecule has 15 heavy (non-hydrogen) atoms. The number of aromatic nitrogens is 2. The molecule has 0 radical (unpaired) electrons. The molecule has 0 aliphatic rings. The molecule has 78 valence electrons. The van der Waals surface area contributed by atoms with Crippen molar-refractivity contribution in [1.29, 1.82) is 0 Å². The van der Waals surface area contributed by atoms with Crippen LogP contribution in [0.5, 0.6) is 0 Å². The standard InChI is InChI=1S/C11H11BrN2O/c1-8-5-13-14(6-8)11-4-10(12)3-2-9(11)7-15/h2-6,15H,7H2,1H3. The van der Waals surface area contributed by atoms with Crippen LogP contribution in [0.4, 0.5) is 0 Å². The van der Waals surface area contributed by atoms with Crippen LogP contribution in [0.1, 0.15) is 11.1 Å². The second kappa shape index (κ2) is 4.16. The van der Waals surface area contributed by atoms with Gasteiger partial charge in [-0.3, -0.25) is 0 Å². The van der Waals surface area contributed by atoms with Gasteiger partial charge in [0, 0.05) is 16.2 Å². The minimum Gasteiger partial charge on any atom is -0.392 e. The maximum absolute atomic E-state index is 9.22. The number of halogens is 1. The van der Waals surface area contributed by atoms with Gasteiger partial charge in [0.15, 0.2) is 0 Å². The van der Waals surface area contributed by atoms with Gasteiger partial charge >= 0.3 is 0 Å². The first-order chi connectivity index (χ1) is 7.20. The van der Waals surface area contributed by atoms with E-state index >= 15 is 0 Å². The lowest BCUT2D eigenvalue weighted by molar-refractivity contribution is 0.281. The number of aliphatic hydroxyl groups is 1. The van der Waals surface area contributed by atoms with Gasteiger partial charge < -0.3 is 5.11 Å². The van der Waals surface area contributed by atoms with E-state index in [0.717, 1.165) is 21.3 Å². The Kier molecular flexibility index (Phi) is 2.88. The summed E-state index contributed by atoms with van der Waals surface area (Å²) in [6.45, 7) is 2.00. The van der Waals surface area contributed by atoms with Crippen LogP contribution in [-0.4, -0.2) is 14.9 Å². The number of aliphatic hydroxyl groups excluding tert-OH is 1. The summed E-state index contributed by atoms with van der Waals surface area (Å²) < 4.78 is 2.74. The summed E-state index contributed by atoms with van der Waals surface area (Å²) in [5.41, 5.74) is 2.86. The summed E-state index contributed by atoms with van der Waals surface area (Å²) in [6, 6.07) is 5.74. The zero-order valence-electron chi connectivity index (χ0n) is 8.31. The maximum Gasteiger partial charge on any atom is 0.0712 e. The fraction of sp³-hybridized carbons (Fsp3) is 0.182. The minimum atomic E-state index is 0.0154. The highest BCUT2D eigenvalue weighted by molar-refractivity contribution is 9.10. The van der Waals surface area contributed by atoms with Crippen molar-refractivity contribution in [3.8, 4) is 5.69 Å². The van der Waals surface area contributed by atoms with Crippen LogP contribution in [-0.2, 0) is 6.61 Å². The van der Waals surface area contributed by atoms with Crippen LogP contribution in [0.25, 0.3) is 5.69 Å². The molecule has 1 aromatic carbocycles. The van der Waals surface area contributed by atoms with Crippen molar-refractivity contribution in [2.45, 2.75) is 13.5 Å². The molecule has 4 heteroatoms. The van der Waals surface area contributed by atoms with E-state index in [1.807, 2.05) is 31.3 Å². The molecule has 1 aromatic heterocycles. The first-order valence-electron chi connectivity index (χ1n) is 4.61. The van der Waals surface area contributed by atoms with Gasteiger partial charge in [0.2, 0.25) is 0 Å². The van der Waals surface area contributed by atoms with Crippen molar-refractivity contribution in [1.82, 2.24) is 9.78 Å². The largest absolute Gasteiger partial charge is 0.392 e. The van der Waals surface area contributed by atoms with Gasteiger partial charge in [-0.15, -0.1) is 0 Å². The maximum atomic E-state index is 9.22. The molecule has 1 heterocycles. The second-order valence-electron chi connectivity index (χ2n) is 3.39. The van der Waals surface area contributed by atoms with Gasteiger partial charge in [-0.25, -0.2) is 4.68 Å². The third kappa shape index (κ3) is 2.11. The Morgan fingerprint density at radius 3 is 2.87 bits per heavy atom. The molecule has 0 aliphatic carbocycles. The van der Waals surface area contributed by atoms with Crippen molar-refractivity contribution in [2.24, 2.45) is 0 Å². The molecule has 0 unspecified atom stereocenters. The third-order valence-electron chi connectivity index (χ3n) is 2.18. The summed E-state index contributed by atoms with van der Waals surface area (Å²) in [7, 11) is 0. The highest BCUT2D eigenvalue weighted by Crippen LogP contribution is 2.20. The molecule has 0 spiro atoms. The number of benzene rings is 1. The van der Waals surface area contributed by atoms with Crippen LogP contribution in [0.3, 0.4) is 0 Å². The number of aryl methyl sites for hydroxylation is 1. The van der Waals surface area contributed by atoms with E-state index in [4.69, 9.17) is 0 Å². The minimum absolute atomic E-state index is 0.0154. The highest BCUT2D eigenvalue weighted by Gasteiger charge is 2.05. The van der Waals surface area contributed by atoms with Crippen LogP contribution in [0, 0.1) is 6.92 Å². The molecule has 0 amide bonds. The Bertz CT molecular complexity index is 479. The Morgan fingerprint density at radius 1 is 1.47 bits per heavy atom. The van der Waals surface area contributed by atoms with Gasteiger partial charge in [0.25, 0.3) is 0 Å². The summed E-state index contributed by atoms with van der Waals surface area (Å²) >= 11 is 3.41. The van der Waals surface area contributed by atoms with Gasteiger partial charge in [0.1, 0.15) is 0 Å². The number of rotatable bonds is 2. The topological polar surface area (TPSA) is 38.0 Å². The van der Waals surface area contributed by atoms with Crippen LogP contribution in [0.15, 0.2) is 35.1 Å². The zero-order valence-corrected chi connectivity index (χ0v) is 9.90. The molecule has 0 aliphatic heterocycles. The lowest BCUT2D eigenvalue weighted by Gasteiger charge is -2.07. The molecule has 0 saturated heterocycles. The molecule has 2 rings (SSSR count).